The van der Waals surface area contributed by atoms with Crippen LogP contribution in [0.1, 0.15) is 61.9 Å². The number of rotatable bonds is 9. The number of aromatic nitrogens is 4. The molecule has 4 rings (SSSR count). The highest BCUT2D eigenvalue weighted by molar-refractivity contribution is 5.79. The number of hydrogen-bond acceptors (Lipinski definition) is 10. The fourth-order valence-electron chi connectivity index (χ4n) is 4.80. The van der Waals surface area contributed by atoms with Crippen LogP contribution in [0.3, 0.4) is 0 Å². The van der Waals surface area contributed by atoms with Gasteiger partial charge in [0, 0.05) is 32.9 Å². The standard InChI is InChI=1S/C30H36F3N5O6/c1-18(2)25-16-38(15-23-24(42-25)8-7-11-34-23)13-21-12-20(10-9-19(21)3)26(41-17-22-14-37(6)36-35-22)29(4,5)27(39)43-44-28(40)30(31,32)33/h7-12,14,18,25-26H,13,15-17H2,1-6H3/t25-,26-/m0/s1. The van der Waals surface area contributed by atoms with Gasteiger partial charge in [-0.3, -0.25) is 14.6 Å². The Hall–Kier alpha value is -4.04. The second-order valence-corrected chi connectivity index (χ2v) is 11.7. The zero-order valence-corrected chi connectivity index (χ0v) is 25.4. The van der Waals surface area contributed by atoms with Crippen molar-refractivity contribution in [3.05, 3.63) is 70.8 Å². The Kier molecular flexibility index (Phi) is 9.94. The van der Waals surface area contributed by atoms with Crippen LogP contribution >= 0.6 is 0 Å². The number of benzene rings is 1. The second kappa shape index (κ2) is 13.3. The largest absolute Gasteiger partial charge is 0.495 e. The Morgan fingerprint density at radius 3 is 2.52 bits per heavy atom. The van der Waals surface area contributed by atoms with Crippen LogP contribution in [0.25, 0.3) is 0 Å². The van der Waals surface area contributed by atoms with Crippen LogP contribution in [0.15, 0.2) is 42.7 Å². The van der Waals surface area contributed by atoms with Gasteiger partial charge < -0.3 is 9.47 Å². The normalized spacial score (nSPS) is 16.5. The number of nitrogens with zero attached hydrogens (tertiary/aromatic N) is 5. The molecule has 1 aliphatic rings. The summed E-state index contributed by atoms with van der Waals surface area (Å²) in [6, 6.07) is 9.31. The van der Waals surface area contributed by atoms with Crippen molar-refractivity contribution in [2.75, 3.05) is 6.54 Å². The Morgan fingerprint density at radius 1 is 1.14 bits per heavy atom. The van der Waals surface area contributed by atoms with Gasteiger partial charge in [-0.1, -0.05) is 37.3 Å². The summed E-state index contributed by atoms with van der Waals surface area (Å²) in [7, 11) is 1.68. The number of aryl methyl sites for hydroxylation is 2. The molecule has 238 valence electrons. The molecule has 0 bridgehead atoms. The number of ether oxygens (including phenoxy) is 2. The second-order valence-electron chi connectivity index (χ2n) is 11.7. The van der Waals surface area contributed by atoms with Crippen LogP contribution in [0.5, 0.6) is 5.75 Å². The van der Waals surface area contributed by atoms with E-state index in [9.17, 15) is 22.8 Å². The van der Waals surface area contributed by atoms with Gasteiger partial charge in [-0.15, -0.1) is 5.10 Å². The van der Waals surface area contributed by atoms with Crippen molar-refractivity contribution in [1.29, 1.82) is 0 Å². The molecule has 2 aromatic heterocycles. The van der Waals surface area contributed by atoms with E-state index in [1.54, 1.807) is 25.5 Å². The van der Waals surface area contributed by atoms with E-state index in [1.807, 2.05) is 31.2 Å². The van der Waals surface area contributed by atoms with Crippen LogP contribution < -0.4 is 4.74 Å². The van der Waals surface area contributed by atoms with Crippen molar-refractivity contribution >= 4 is 11.9 Å². The quantitative estimate of drug-likeness (QED) is 0.245. The lowest BCUT2D eigenvalue weighted by Gasteiger charge is -2.32. The Bertz CT molecular complexity index is 1480. The van der Waals surface area contributed by atoms with Crippen LogP contribution in [0.4, 0.5) is 13.2 Å². The molecule has 0 unspecified atom stereocenters. The maximum atomic E-state index is 13.0. The smallest absolute Gasteiger partial charge is 0.487 e. The summed E-state index contributed by atoms with van der Waals surface area (Å²) in [6.45, 7) is 10.7. The van der Waals surface area contributed by atoms with E-state index >= 15 is 0 Å². The molecule has 1 aromatic carbocycles. The molecule has 1 aliphatic heterocycles. The molecule has 0 N–H and O–H groups in total. The van der Waals surface area contributed by atoms with Crippen LogP contribution in [0, 0.1) is 18.3 Å². The Morgan fingerprint density at radius 2 is 1.86 bits per heavy atom. The van der Waals surface area contributed by atoms with Gasteiger partial charge >= 0.3 is 18.1 Å². The highest BCUT2D eigenvalue weighted by Gasteiger charge is 2.46. The van der Waals surface area contributed by atoms with Crippen molar-refractivity contribution in [3.8, 4) is 5.75 Å². The van der Waals surface area contributed by atoms with Crippen molar-refractivity contribution in [3.63, 3.8) is 0 Å². The summed E-state index contributed by atoms with van der Waals surface area (Å²) >= 11 is 0. The van der Waals surface area contributed by atoms with Crippen LogP contribution in [-0.2, 0) is 50.8 Å². The summed E-state index contributed by atoms with van der Waals surface area (Å²) < 4.78 is 51.9. The molecule has 0 aliphatic carbocycles. The van der Waals surface area contributed by atoms with E-state index in [1.165, 1.54) is 18.5 Å². The fourth-order valence-corrected chi connectivity index (χ4v) is 4.80. The maximum Gasteiger partial charge on any atom is 0.495 e. The van der Waals surface area contributed by atoms with Gasteiger partial charge in [0.05, 0.1) is 30.0 Å². The maximum absolute atomic E-state index is 13.0. The Labute approximate surface area is 253 Å². The first-order valence-electron chi connectivity index (χ1n) is 14.0. The predicted molar refractivity (Wildman–Crippen MR) is 149 cm³/mol. The van der Waals surface area contributed by atoms with Gasteiger partial charge in [-0.25, -0.2) is 19.4 Å². The van der Waals surface area contributed by atoms with Crippen molar-refractivity contribution in [1.82, 2.24) is 24.9 Å². The van der Waals surface area contributed by atoms with Gasteiger partial charge in [0.25, 0.3) is 0 Å². The highest BCUT2D eigenvalue weighted by Crippen LogP contribution is 2.40. The molecule has 3 aromatic rings. The van der Waals surface area contributed by atoms with Gasteiger partial charge in [-0.05, 0) is 55.5 Å². The average molecular weight is 620 g/mol. The molecule has 14 heteroatoms. The van der Waals surface area contributed by atoms with E-state index in [2.05, 4.69) is 43.8 Å². The van der Waals surface area contributed by atoms with Gasteiger partial charge in [-0.2, -0.15) is 13.2 Å². The Balaban J connectivity index is 1.63. The third kappa shape index (κ3) is 7.91. The molecule has 0 fully saturated rings. The third-order valence-electron chi connectivity index (χ3n) is 7.41. The van der Waals surface area contributed by atoms with E-state index in [0.717, 1.165) is 22.6 Å². The van der Waals surface area contributed by atoms with Gasteiger partial charge in [0.15, 0.2) is 0 Å². The molecule has 3 heterocycles. The molecule has 11 nitrogen and oxygen atoms in total. The monoisotopic (exact) mass is 619 g/mol. The van der Waals surface area contributed by atoms with Crippen molar-refractivity contribution < 1.29 is 42.0 Å². The summed E-state index contributed by atoms with van der Waals surface area (Å²) in [5.74, 6) is -2.88. The molecule has 0 saturated heterocycles. The average Bonchev–Trinajstić information content (AvgIpc) is 3.27. The number of pyridine rings is 1. The van der Waals surface area contributed by atoms with Crippen molar-refractivity contribution in [2.24, 2.45) is 18.4 Å². The minimum Gasteiger partial charge on any atom is -0.487 e. The lowest BCUT2D eigenvalue weighted by atomic mass is 9.81. The summed E-state index contributed by atoms with van der Waals surface area (Å²) in [5.41, 5.74) is 2.16. The van der Waals surface area contributed by atoms with E-state index in [0.29, 0.717) is 30.9 Å². The molecular formula is C30H36F3N5O6. The summed E-state index contributed by atoms with van der Waals surface area (Å²) in [5, 5.41) is 7.88. The van der Waals surface area contributed by atoms with Crippen molar-refractivity contribution in [2.45, 2.75) is 72.7 Å². The number of carbonyl (C=O) groups is 2. The van der Waals surface area contributed by atoms with Gasteiger partial charge in [0.1, 0.15) is 17.5 Å². The molecule has 0 spiro atoms. The van der Waals surface area contributed by atoms with E-state index < -0.39 is 29.6 Å². The topological polar surface area (TPSA) is 118 Å². The first-order chi connectivity index (χ1) is 20.6. The summed E-state index contributed by atoms with van der Waals surface area (Å²) in [6.07, 6.45) is -3.08. The third-order valence-corrected chi connectivity index (χ3v) is 7.41. The summed E-state index contributed by atoms with van der Waals surface area (Å²) in [4.78, 5) is 39.2. The first-order valence-corrected chi connectivity index (χ1v) is 14.0. The number of alkyl halides is 3. The molecule has 0 saturated carbocycles. The highest BCUT2D eigenvalue weighted by atomic mass is 19.4. The van der Waals surface area contributed by atoms with E-state index in [-0.39, 0.29) is 18.6 Å². The fraction of sp³-hybridized carbons (Fsp3) is 0.500. The predicted octanol–water partition coefficient (Wildman–Crippen LogP) is 4.79. The SMILES string of the molecule is Cc1ccc([C@H](OCc2cn(C)nn2)C(C)(C)C(=O)OOC(=O)C(F)(F)F)cc1CN1Cc2ncccc2O[C@H](C(C)C)C1. The zero-order valence-electron chi connectivity index (χ0n) is 25.4. The first kappa shape index (κ1) is 32.9. The molecule has 2 atom stereocenters. The lowest BCUT2D eigenvalue weighted by Crippen LogP contribution is -2.37. The zero-order chi connectivity index (χ0) is 32.2. The molecule has 44 heavy (non-hydrogen) atoms. The van der Waals surface area contributed by atoms with E-state index in [4.69, 9.17) is 9.47 Å². The van der Waals surface area contributed by atoms with Crippen LogP contribution in [0.2, 0.25) is 0 Å². The number of fused-ring (bicyclic) bond motifs is 1. The van der Waals surface area contributed by atoms with Gasteiger partial charge in [0.2, 0.25) is 0 Å². The number of halogens is 3. The number of carbonyl (C=O) groups excluding carboxylic acids is 2. The number of hydrogen-bond donors (Lipinski definition) is 0. The molecular weight excluding hydrogens is 583 g/mol. The molecule has 0 radical (unpaired) electrons. The van der Waals surface area contributed by atoms with Crippen LogP contribution in [-0.4, -0.2) is 55.6 Å². The minimum atomic E-state index is -5.33. The minimum absolute atomic E-state index is 0.0667. The molecule has 0 amide bonds. The lowest BCUT2D eigenvalue weighted by molar-refractivity contribution is -0.293.